The van der Waals surface area contributed by atoms with E-state index in [-0.39, 0.29) is 0 Å². The Morgan fingerprint density at radius 2 is 2.06 bits per heavy atom. The Balaban J connectivity index is 3.24. The van der Waals surface area contributed by atoms with E-state index >= 15 is 0 Å². The first-order valence-electron chi connectivity index (χ1n) is 4.47. The van der Waals surface area contributed by atoms with Gasteiger partial charge in [0, 0.05) is 6.54 Å². The molecule has 0 amide bonds. The van der Waals surface area contributed by atoms with Gasteiger partial charge >= 0.3 is 5.97 Å². The van der Waals surface area contributed by atoms with Crippen molar-refractivity contribution in [3.63, 3.8) is 0 Å². The lowest BCUT2D eigenvalue weighted by Crippen LogP contribution is -2.27. The third-order valence-electron chi connectivity index (χ3n) is 1.87. The van der Waals surface area contributed by atoms with E-state index < -0.39 is 45.5 Å². The molecule has 1 aromatic rings. The van der Waals surface area contributed by atoms with E-state index in [1.54, 1.807) is 4.72 Å². The van der Waals surface area contributed by atoms with E-state index in [2.05, 4.69) is 0 Å². The highest BCUT2D eigenvalue weighted by Gasteiger charge is 2.22. The van der Waals surface area contributed by atoms with Gasteiger partial charge in [-0.3, -0.25) is 0 Å². The number of carboxylic acid groups (broad SMARTS) is 1. The highest BCUT2D eigenvalue weighted by molar-refractivity contribution is 7.89. The number of alkyl halides is 1. The third kappa shape index (κ3) is 2.98. The van der Waals surface area contributed by atoms with Gasteiger partial charge in [-0.2, -0.15) is 0 Å². The lowest BCUT2D eigenvalue weighted by atomic mass is 10.2. The van der Waals surface area contributed by atoms with E-state index in [1.165, 1.54) is 0 Å². The summed E-state index contributed by atoms with van der Waals surface area (Å²) >= 11 is 0. The fourth-order valence-corrected chi connectivity index (χ4v) is 2.24. The predicted molar refractivity (Wildman–Crippen MR) is 54.5 cm³/mol. The van der Waals surface area contributed by atoms with Crippen LogP contribution in [0.5, 0.6) is 0 Å². The molecule has 0 saturated carbocycles. The number of nitrogens with one attached hydrogen (secondary N) is 1. The van der Waals surface area contributed by atoms with Crippen molar-refractivity contribution in [3.05, 3.63) is 29.6 Å². The van der Waals surface area contributed by atoms with Crippen molar-refractivity contribution in [3.8, 4) is 0 Å². The number of rotatable bonds is 5. The van der Waals surface area contributed by atoms with Gasteiger partial charge in [-0.25, -0.2) is 26.7 Å². The van der Waals surface area contributed by atoms with Crippen LogP contribution in [0.3, 0.4) is 0 Å². The molecule has 0 bridgehead atoms. The van der Waals surface area contributed by atoms with Crippen molar-refractivity contribution < 1.29 is 27.1 Å². The maximum atomic E-state index is 13.6. The molecule has 8 heteroatoms. The van der Waals surface area contributed by atoms with Gasteiger partial charge in [-0.15, -0.1) is 0 Å². The summed E-state index contributed by atoms with van der Waals surface area (Å²) in [6.07, 6.45) is 0. The van der Waals surface area contributed by atoms with Crippen LogP contribution in [0, 0.1) is 5.82 Å². The topological polar surface area (TPSA) is 83.5 Å². The number of benzene rings is 1. The molecule has 0 aliphatic carbocycles. The molecule has 0 fully saturated rings. The molecule has 0 atom stereocenters. The number of carboxylic acids is 1. The molecule has 0 saturated heterocycles. The largest absolute Gasteiger partial charge is 0.478 e. The summed E-state index contributed by atoms with van der Waals surface area (Å²) in [6, 6.07) is 2.94. The molecule has 0 aliphatic heterocycles. The minimum atomic E-state index is -4.24. The molecule has 0 heterocycles. The number of aromatic carboxylic acids is 1. The summed E-state index contributed by atoms with van der Waals surface area (Å²) in [5.41, 5.74) is -0.756. The highest BCUT2D eigenvalue weighted by Crippen LogP contribution is 2.17. The van der Waals surface area contributed by atoms with Crippen molar-refractivity contribution in [2.45, 2.75) is 4.90 Å². The Hall–Kier alpha value is -1.54. The fourth-order valence-electron chi connectivity index (χ4n) is 1.13. The summed E-state index contributed by atoms with van der Waals surface area (Å²) in [7, 11) is -4.24. The average Bonchev–Trinajstić information content (AvgIpc) is 2.26. The zero-order valence-electron chi connectivity index (χ0n) is 8.48. The lowest BCUT2D eigenvalue weighted by Gasteiger charge is -2.07. The Labute approximate surface area is 96.1 Å². The van der Waals surface area contributed by atoms with Crippen LogP contribution in [0.2, 0.25) is 0 Å². The molecule has 17 heavy (non-hydrogen) atoms. The number of sulfonamides is 1. The van der Waals surface area contributed by atoms with Gasteiger partial charge < -0.3 is 5.11 Å². The number of halogens is 2. The van der Waals surface area contributed by atoms with Gasteiger partial charge in [0.1, 0.15) is 11.6 Å². The van der Waals surface area contributed by atoms with E-state index in [4.69, 9.17) is 5.11 Å². The van der Waals surface area contributed by atoms with E-state index in [0.717, 1.165) is 18.2 Å². The van der Waals surface area contributed by atoms with Crippen LogP contribution in [-0.2, 0) is 10.0 Å². The standard InChI is InChI=1S/C9H9F2NO4S/c10-4-5-12-17(15,16)7-3-1-2-6(8(7)11)9(13)14/h1-3,12H,4-5H2,(H,13,14). The zero-order chi connectivity index (χ0) is 13.1. The summed E-state index contributed by atoms with van der Waals surface area (Å²) in [5, 5.41) is 8.62. The van der Waals surface area contributed by atoms with Crippen LogP contribution in [0.1, 0.15) is 10.4 Å². The normalized spacial score (nSPS) is 11.4. The van der Waals surface area contributed by atoms with Crippen LogP contribution in [0.4, 0.5) is 8.78 Å². The molecule has 0 unspecified atom stereocenters. The number of hydrogen-bond acceptors (Lipinski definition) is 3. The quantitative estimate of drug-likeness (QED) is 0.823. The average molecular weight is 265 g/mol. The van der Waals surface area contributed by atoms with Gasteiger partial charge in [0.05, 0.1) is 5.56 Å². The molecule has 94 valence electrons. The fraction of sp³-hybridized carbons (Fsp3) is 0.222. The second-order valence-corrected chi connectivity index (χ2v) is 4.74. The van der Waals surface area contributed by atoms with E-state index in [9.17, 15) is 22.0 Å². The molecule has 0 radical (unpaired) electrons. The summed E-state index contributed by atoms with van der Waals surface area (Å²) < 4.78 is 50.1. The summed E-state index contributed by atoms with van der Waals surface area (Å²) in [6.45, 7) is -1.45. The summed E-state index contributed by atoms with van der Waals surface area (Å²) in [5.74, 6) is -2.95. The Morgan fingerprint density at radius 3 is 2.59 bits per heavy atom. The molecule has 0 aromatic heterocycles. The van der Waals surface area contributed by atoms with Crippen molar-refractivity contribution in [1.82, 2.24) is 4.72 Å². The minimum Gasteiger partial charge on any atom is -0.478 e. The van der Waals surface area contributed by atoms with Gasteiger partial charge in [0.25, 0.3) is 0 Å². The van der Waals surface area contributed by atoms with Crippen LogP contribution in [0.25, 0.3) is 0 Å². The van der Waals surface area contributed by atoms with Crippen LogP contribution < -0.4 is 4.72 Å². The van der Waals surface area contributed by atoms with E-state index in [0.29, 0.717) is 0 Å². The zero-order valence-corrected chi connectivity index (χ0v) is 9.30. The second-order valence-electron chi connectivity index (χ2n) is 3.01. The van der Waals surface area contributed by atoms with Crippen LogP contribution in [-0.4, -0.2) is 32.7 Å². The van der Waals surface area contributed by atoms with E-state index in [1.807, 2.05) is 0 Å². The molecule has 0 spiro atoms. The van der Waals surface area contributed by atoms with Crippen LogP contribution >= 0.6 is 0 Å². The van der Waals surface area contributed by atoms with Gasteiger partial charge in [-0.1, -0.05) is 6.07 Å². The van der Waals surface area contributed by atoms with Gasteiger partial charge in [0.15, 0.2) is 5.82 Å². The monoisotopic (exact) mass is 265 g/mol. The Bertz CT molecular complexity index is 530. The highest BCUT2D eigenvalue weighted by atomic mass is 32.2. The Kier molecular flexibility index (Phi) is 4.13. The molecular weight excluding hydrogens is 256 g/mol. The first-order chi connectivity index (χ1) is 7.90. The lowest BCUT2D eigenvalue weighted by molar-refractivity contribution is 0.0691. The molecular formula is C9H9F2NO4S. The van der Waals surface area contributed by atoms with Gasteiger partial charge in [-0.05, 0) is 12.1 Å². The molecule has 0 aliphatic rings. The van der Waals surface area contributed by atoms with Crippen LogP contribution in [0.15, 0.2) is 23.1 Å². The molecule has 5 nitrogen and oxygen atoms in total. The number of carbonyl (C=O) groups is 1. The maximum absolute atomic E-state index is 13.6. The first kappa shape index (κ1) is 13.5. The smallest absolute Gasteiger partial charge is 0.338 e. The van der Waals surface area contributed by atoms with Gasteiger partial charge in [0.2, 0.25) is 10.0 Å². The molecule has 1 aromatic carbocycles. The minimum absolute atomic E-state index is 0.501. The van der Waals surface area contributed by atoms with Crippen molar-refractivity contribution >= 4 is 16.0 Å². The third-order valence-corrected chi connectivity index (χ3v) is 3.35. The molecule has 2 N–H and O–H groups in total. The SMILES string of the molecule is O=C(O)c1cccc(S(=O)(=O)NCCF)c1F. The van der Waals surface area contributed by atoms with Crippen molar-refractivity contribution in [2.75, 3.05) is 13.2 Å². The predicted octanol–water partition coefficient (Wildman–Crippen LogP) is 0.772. The van der Waals surface area contributed by atoms with Crippen molar-refractivity contribution in [2.24, 2.45) is 0 Å². The summed E-state index contributed by atoms with van der Waals surface area (Å²) in [4.78, 5) is 9.79. The second kappa shape index (κ2) is 5.19. The maximum Gasteiger partial charge on any atom is 0.338 e. The molecule has 1 rings (SSSR count). The van der Waals surface area contributed by atoms with Crippen molar-refractivity contribution in [1.29, 1.82) is 0 Å². The Morgan fingerprint density at radius 1 is 1.41 bits per heavy atom. The first-order valence-corrected chi connectivity index (χ1v) is 5.96. The number of hydrogen-bond donors (Lipinski definition) is 2.